The van der Waals surface area contributed by atoms with Gasteiger partial charge in [-0.3, -0.25) is 0 Å². The number of rotatable bonds is 4. The van der Waals surface area contributed by atoms with Crippen LogP contribution in [0.5, 0.6) is 0 Å². The summed E-state index contributed by atoms with van der Waals surface area (Å²) in [6, 6.07) is 7.72. The molecule has 0 unspecified atom stereocenters. The van der Waals surface area contributed by atoms with E-state index in [0.29, 0.717) is 11.3 Å². The summed E-state index contributed by atoms with van der Waals surface area (Å²) >= 11 is 3.79. The molecule has 5 nitrogen and oxygen atoms in total. The van der Waals surface area contributed by atoms with Gasteiger partial charge in [0.1, 0.15) is 16.8 Å². The van der Waals surface area contributed by atoms with Crippen LogP contribution in [-0.4, -0.2) is 23.5 Å². The van der Waals surface area contributed by atoms with Crippen molar-refractivity contribution >= 4 is 45.7 Å². The number of nitrogens with zero attached hydrogens (tertiary/aromatic N) is 5. The van der Waals surface area contributed by atoms with Gasteiger partial charge in [-0.05, 0) is 23.6 Å². The zero-order chi connectivity index (χ0) is 15.2. The normalized spacial score (nSPS) is 14.2. The quantitative estimate of drug-likeness (QED) is 0.319. The molecule has 0 atom stereocenters. The van der Waals surface area contributed by atoms with E-state index in [9.17, 15) is 5.26 Å². The number of benzene rings is 1. The molecule has 0 saturated carbocycles. The van der Waals surface area contributed by atoms with Crippen molar-refractivity contribution in [3.63, 3.8) is 0 Å². The monoisotopic (exact) mass is 411 g/mol. The third-order valence-corrected chi connectivity index (χ3v) is 4.20. The fourth-order valence-corrected chi connectivity index (χ4v) is 2.66. The first-order valence-electron chi connectivity index (χ1n) is 6.14. The lowest BCUT2D eigenvalue weighted by Crippen LogP contribution is -2.08. The van der Waals surface area contributed by atoms with Gasteiger partial charge >= 0.3 is 0 Å². The van der Waals surface area contributed by atoms with Gasteiger partial charge in [-0.25, -0.2) is 0 Å². The van der Waals surface area contributed by atoms with Gasteiger partial charge in [0.2, 0.25) is 0 Å². The first kappa shape index (κ1) is 15.9. The predicted molar refractivity (Wildman–Crippen MR) is 95.5 cm³/mol. The molecule has 0 amide bonds. The standard InChI is InChI=1S/C14H14IN5S/c1-19(2)12-3-4-13(11(7-12)8-16)17-18-14-9-20(10-15)5-6-21-14/h3-7,9H,10H2,1-2H3. The molecule has 0 aromatic heterocycles. The van der Waals surface area contributed by atoms with Gasteiger partial charge in [-0.2, -0.15) is 5.26 Å². The summed E-state index contributed by atoms with van der Waals surface area (Å²) < 4.78 is 0.856. The van der Waals surface area contributed by atoms with E-state index in [1.807, 2.05) is 59.9 Å². The van der Waals surface area contributed by atoms with Crippen LogP contribution >= 0.6 is 34.4 Å². The van der Waals surface area contributed by atoms with Crippen LogP contribution in [-0.2, 0) is 0 Å². The second-order valence-corrected chi connectivity index (χ2v) is 6.02. The van der Waals surface area contributed by atoms with Crippen molar-refractivity contribution in [3.05, 3.63) is 46.6 Å². The minimum absolute atomic E-state index is 0.521. The molecular weight excluding hydrogens is 397 g/mol. The molecule has 108 valence electrons. The van der Waals surface area contributed by atoms with Crippen molar-refractivity contribution in [2.24, 2.45) is 10.2 Å². The van der Waals surface area contributed by atoms with Crippen molar-refractivity contribution < 1.29 is 0 Å². The molecule has 0 radical (unpaired) electrons. The van der Waals surface area contributed by atoms with Gasteiger partial charge in [-0.1, -0.05) is 34.4 Å². The van der Waals surface area contributed by atoms with E-state index in [2.05, 4.69) is 38.9 Å². The van der Waals surface area contributed by atoms with E-state index in [0.717, 1.165) is 15.3 Å². The number of anilines is 1. The number of hydrogen-bond acceptors (Lipinski definition) is 6. The number of nitriles is 1. The smallest absolute Gasteiger partial charge is 0.139 e. The van der Waals surface area contributed by atoms with Crippen LogP contribution in [0.2, 0.25) is 0 Å². The highest BCUT2D eigenvalue weighted by molar-refractivity contribution is 14.1. The Balaban J connectivity index is 2.22. The van der Waals surface area contributed by atoms with Crippen LogP contribution in [0.1, 0.15) is 5.56 Å². The molecule has 2 rings (SSSR count). The summed E-state index contributed by atoms with van der Waals surface area (Å²) in [6.45, 7) is 0. The second kappa shape index (κ2) is 7.47. The van der Waals surface area contributed by atoms with Crippen LogP contribution in [0.3, 0.4) is 0 Å². The molecule has 0 aliphatic carbocycles. The molecule has 1 aliphatic heterocycles. The fourth-order valence-electron chi connectivity index (χ4n) is 1.60. The van der Waals surface area contributed by atoms with Gasteiger partial charge in [0.15, 0.2) is 0 Å². The van der Waals surface area contributed by atoms with E-state index in [1.165, 1.54) is 11.8 Å². The van der Waals surface area contributed by atoms with Crippen LogP contribution < -0.4 is 4.90 Å². The van der Waals surface area contributed by atoms with Crippen molar-refractivity contribution in [2.75, 3.05) is 23.5 Å². The molecule has 0 bridgehead atoms. The van der Waals surface area contributed by atoms with Gasteiger partial charge < -0.3 is 9.80 Å². The third kappa shape index (κ3) is 4.22. The maximum atomic E-state index is 9.23. The van der Waals surface area contributed by atoms with Crippen molar-refractivity contribution in [1.29, 1.82) is 5.26 Å². The summed E-state index contributed by atoms with van der Waals surface area (Å²) in [5.74, 6) is 0. The Morgan fingerprint density at radius 3 is 2.86 bits per heavy atom. The maximum absolute atomic E-state index is 9.23. The Labute approximate surface area is 142 Å². The molecule has 1 heterocycles. The Bertz CT molecular complexity index is 645. The largest absolute Gasteiger partial charge is 0.378 e. The van der Waals surface area contributed by atoms with E-state index in [1.54, 1.807) is 0 Å². The molecule has 1 aromatic carbocycles. The van der Waals surface area contributed by atoms with E-state index >= 15 is 0 Å². The van der Waals surface area contributed by atoms with Gasteiger partial charge in [0.05, 0.1) is 10.1 Å². The molecule has 0 fully saturated rings. The van der Waals surface area contributed by atoms with Crippen LogP contribution in [0, 0.1) is 11.3 Å². The number of halogens is 1. The molecule has 0 saturated heterocycles. The lowest BCUT2D eigenvalue weighted by Gasteiger charge is -2.15. The predicted octanol–water partition coefficient (Wildman–Crippen LogP) is 4.42. The Morgan fingerprint density at radius 2 is 2.19 bits per heavy atom. The number of azo groups is 1. The topological polar surface area (TPSA) is 55.0 Å². The molecule has 21 heavy (non-hydrogen) atoms. The molecule has 7 heteroatoms. The van der Waals surface area contributed by atoms with Crippen LogP contribution in [0.15, 0.2) is 51.3 Å². The highest BCUT2D eigenvalue weighted by atomic mass is 127. The third-order valence-electron chi connectivity index (χ3n) is 2.73. The average Bonchev–Trinajstić information content (AvgIpc) is 2.52. The molecule has 1 aliphatic rings. The Hall–Kier alpha value is -1.53. The average molecular weight is 411 g/mol. The SMILES string of the molecule is CN(C)c1ccc(N=NC2=CN(CI)C=CS2)c(C#N)c1. The van der Waals surface area contributed by atoms with Gasteiger partial charge in [0.25, 0.3) is 0 Å². The summed E-state index contributed by atoms with van der Waals surface area (Å²) in [5, 5.41) is 20.4. The van der Waals surface area contributed by atoms with Crippen LogP contribution in [0.4, 0.5) is 11.4 Å². The zero-order valence-corrected chi connectivity index (χ0v) is 14.7. The summed E-state index contributed by atoms with van der Waals surface area (Å²) in [4.78, 5) is 3.97. The molecule has 0 N–H and O–H groups in total. The van der Waals surface area contributed by atoms with E-state index in [4.69, 9.17) is 0 Å². The Kier molecular flexibility index (Phi) is 5.64. The van der Waals surface area contributed by atoms with Gasteiger partial charge in [-0.15, -0.1) is 10.2 Å². The lowest BCUT2D eigenvalue weighted by atomic mass is 10.1. The highest BCUT2D eigenvalue weighted by Crippen LogP contribution is 2.29. The number of thioether (sulfide) groups is 1. The summed E-state index contributed by atoms with van der Waals surface area (Å²) in [6.07, 6.45) is 3.92. The van der Waals surface area contributed by atoms with Crippen molar-refractivity contribution in [2.45, 2.75) is 0 Å². The van der Waals surface area contributed by atoms with E-state index < -0.39 is 0 Å². The number of hydrogen-bond donors (Lipinski definition) is 0. The lowest BCUT2D eigenvalue weighted by molar-refractivity contribution is 0.610. The first-order chi connectivity index (χ1) is 10.1. The van der Waals surface area contributed by atoms with Gasteiger partial charge in [0, 0.05) is 32.2 Å². The molecule has 0 spiro atoms. The molecular formula is C14H14IN5S. The summed E-state index contributed by atoms with van der Waals surface area (Å²) in [7, 11) is 3.87. The zero-order valence-electron chi connectivity index (χ0n) is 11.7. The first-order valence-corrected chi connectivity index (χ1v) is 8.54. The van der Waals surface area contributed by atoms with Crippen LogP contribution in [0.25, 0.3) is 0 Å². The Morgan fingerprint density at radius 1 is 1.38 bits per heavy atom. The minimum atomic E-state index is 0.521. The summed E-state index contributed by atoms with van der Waals surface area (Å²) in [5.41, 5.74) is 2.07. The highest BCUT2D eigenvalue weighted by Gasteiger charge is 2.06. The number of alkyl halides is 1. The maximum Gasteiger partial charge on any atom is 0.139 e. The fraction of sp³-hybridized carbons (Fsp3) is 0.214. The molecule has 1 aromatic rings. The van der Waals surface area contributed by atoms with E-state index in [-0.39, 0.29) is 0 Å². The van der Waals surface area contributed by atoms with Crippen molar-refractivity contribution in [1.82, 2.24) is 4.90 Å². The second-order valence-electron chi connectivity index (χ2n) is 4.41. The minimum Gasteiger partial charge on any atom is -0.378 e. The van der Waals surface area contributed by atoms with Crippen molar-refractivity contribution in [3.8, 4) is 6.07 Å².